The van der Waals surface area contributed by atoms with E-state index in [0.29, 0.717) is 6.61 Å². The molecule has 1 fully saturated rings. The van der Waals surface area contributed by atoms with Crippen LogP contribution in [0.2, 0.25) is 43.8 Å². The van der Waals surface area contributed by atoms with Gasteiger partial charge in [-0.15, -0.1) is 0 Å². The maximum Gasteiger partial charge on any atom is 0.321 e. The SMILES string of the molecule is CCCC/C=C(\C[Si](C)(C)C)C(=O)[C@](C)(CN1c2ccccc2[C@]2(O[Si](C)(C)C(C)(C)C)CCO[C@H]12)C(=O)OC. The second-order valence-electron chi connectivity index (χ2n) is 14.6. The monoisotopic (exact) mass is 587 g/mol. The van der Waals surface area contributed by atoms with Crippen molar-refractivity contribution in [3.05, 3.63) is 41.5 Å². The minimum atomic E-state index is -2.21. The van der Waals surface area contributed by atoms with Crippen molar-refractivity contribution in [2.45, 2.75) is 116 Å². The molecule has 0 unspecified atom stereocenters. The molecule has 0 amide bonds. The first-order chi connectivity index (χ1) is 18.4. The van der Waals surface area contributed by atoms with Gasteiger partial charge in [0.25, 0.3) is 0 Å². The fraction of sp³-hybridized carbons (Fsp3) is 0.688. The molecule has 2 aliphatic heterocycles. The highest BCUT2D eigenvalue weighted by molar-refractivity contribution is 6.77. The molecule has 224 valence electrons. The van der Waals surface area contributed by atoms with Crippen molar-refractivity contribution in [3.63, 3.8) is 0 Å². The van der Waals surface area contributed by atoms with Gasteiger partial charge in [0.2, 0.25) is 0 Å². The van der Waals surface area contributed by atoms with Crippen LogP contribution < -0.4 is 4.90 Å². The van der Waals surface area contributed by atoms with E-state index in [1.165, 1.54) is 7.11 Å². The Morgan fingerprint density at radius 2 is 1.77 bits per heavy atom. The second kappa shape index (κ2) is 11.9. The lowest BCUT2D eigenvalue weighted by molar-refractivity contribution is -0.155. The van der Waals surface area contributed by atoms with Gasteiger partial charge in [0.15, 0.2) is 20.3 Å². The van der Waals surface area contributed by atoms with Crippen molar-refractivity contribution in [3.8, 4) is 0 Å². The summed E-state index contributed by atoms with van der Waals surface area (Å²) in [5, 5.41) is 0.0166. The summed E-state index contributed by atoms with van der Waals surface area (Å²) in [5.41, 5.74) is 0.790. The van der Waals surface area contributed by atoms with E-state index in [2.05, 4.69) is 83.5 Å². The molecule has 0 radical (unpaired) electrons. The van der Waals surface area contributed by atoms with E-state index in [9.17, 15) is 9.59 Å². The van der Waals surface area contributed by atoms with Crippen LogP contribution in [0.3, 0.4) is 0 Å². The first kappa shape index (κ1) is 32.8. The van der Waals surface area contributed by atoms with E-state index in [0.717, 1.165) is 48.6 Å². The number of Topliss-reactive ketones (excluding diaryl/α,β-unsaturated/α-hetero) is 1. The van der Waals surface area contributed by atoms with Gasteiger partial charge in [-0.1, -0.05) is 84.5 Å². The standard InChI is InChI=1S/C32H53NO5Si2/c1-12-13-14-17-24(22-39(7,8)9)27(34)31(5,29(35)36-6)23-33-26-19-16-15-18-25(26)32(20-21-37-28(32)33)38-40(10,11)30(2,3)4/h15-19,28H,12-14,20-23H2,1-11H3/b24-17+/t28-,31-,32+/m0/s1. The smallest absolute Gasteiger partial charge is 0.321 e. The fourth-order valence-corrected chi connectivity index (χ4v) is 8.75. The molecular weight excluding hydrogens is 535 g/mol. The largest absolute Gasteiger partial charge is 0.468 e. The van der Waals surface area contributed by atoms with E-state index in [-0.39, 0.29) is 17.4 Å². The summed E-state index contributed by atoms with van der Waals surface area (Å²) < 4.78 is 19.0. The molecule has 1 saturated heterocycles. The highest BCUT2D eigenvalue weighted by Gasteiger charge is 2.61. The summed E-state index contributed by atoms with van der Waals surface area (Å²) in [7, 11) is -2.47. The Kier molecular flexibility index (Phi) is 9.71. The van der Waals surface area contributed by atoms with Gasteiger partial charge >= 0.3 is 5.97 Å². The molecule has 8 heteroatoms. The Bertz CT molecular complexity index is 1120. The number of esters is 1. The van der Waals surface area contributed by atoms with Gasteiger partial charge in [-0.3, -0.25) is 9.59 Å². The van der Waals surface area contributed by atoms with E-state index in [1.807, 2.05) is 12.1 Å². The summed E-state index contributed by atoms with van der Waals surface area (Å²) in [4.78, 5) is 30.1. The summed E-state index contributed by atoms with van der Waals surface area (Å²) in [6.07, 6.45) is 5.30. The number of benzene rings is 1. The minimum absolute atomic E-state index is 0.0166. The van der Waals surface area contributed by atoms with Crippen molar-refractivity contribution in [1.82, 2.24) is 0 Å². The first-order valence-electron chi connectivity index (χ1n) is 14.9. The topological polar surface area (TPSA) is 65.1 Å². The molecule has 0 N–H and O–H groups in total. The van der Waals surface area contributed by atoms with Gasteiger partial charge in [0, 0.05) is 32.3 Å². The Morgan fingerprint density at radius 3 is 2.35 bits per heavy atom. The van der Waals surface area contributed by atoms with E-state index in [4.69, 9.17) is 13.9 Å². The summed E-state index contributed by atoms with van der Waals surface area (Å²) in [6, 6.07) is 8.98. The van der Waals surface area contributed by atoms with Crippen LogP contribution >= 0.6 is 0 Å². The zero-order valence-corrected chi connectivity index (χ0v) is 28.9. The molecule has 0 saturated carbocycles. The summed E-state index contributed by atoms with van der Waals surface area (Å²) in [5.74, 6) is -0.635. The highest BCUT2D eigenvalue weighted by Crippen LogP contribution is 2.56. The van der Waals surface area contributed by atoms with Gasteiger partial charge in [-0.05, 0) is 49.2 Å². The van der Waals surface area contributed by atoms with Crippen molar-refractivity contribution < 1.29 is 23.5 Å². The van der Waals surface area contributed by atoms with Crippen molar-refractivity contribution in [2.24, 2.45) is 5.41 Å². The molecule has 1 aromatic rings. The number of methoxy groups -OCH3 is 1. The zero-order chi connectivity index (χ0) is 30.1. The minimum Gasteiger partial charge on any atom is -0.468 e. The molecule has 0 aliphatic carbocycles. The van der Waals surface area contributed by atoms with Gasteiger partial charge in [0.05, 0.1) is 13.7 Å². The van der Waals surface area contributed by atoms with Crippen molar-refractivity contribution in [2.75, 3.05) is 25.2 Å². The van der Waals surface area contributed by atoms with E-state index in [1.54, 1.807) is 6.92 Å². The number of carbonyl (C=O) groups is 2. The number of rotatable bonds is 12. The van der Waals surface area contributed by atoms with Crippen LogP contribution in [-0.2, 0) is 29.1 Å². The molecule has 0 aromatic heterocycles. The number of carbonyl (C=O) groups excluding carboxylic acids is 2. The molecule has 1 aromatic carbocycles. The van der Waals surface area contributed by atoms with Gasteiger partial charge in [-0.25, -0.2) is 0 Å². The fourth-order valence-electron chi connectivity index (χ4n) is 5.78. The zero-order valence-electron chi connectivity index (χ0n) is 26.9. The number of unbranched alkanes of at least 4 members (excludes halogenated alkanes) is 2. The predicted octanol–water partition coefficient (Wildman–Crippen LogP) is 7.67. The molecule has 40 heavy (non-hydrogen) atoms. The Hall–Kier alpha value is -1.75. The Morgan fingerprint density at radius 1 is 1.12 bits per heavy atom. The number of hydrogen-bond donors (Lipinski definition) is 0. The molecule has 3 rings (SSSR count). The average molecular weight is 588 g/mol. The molecule has 0 bridgehead atoms. The number of nitrogens with zero attached hydrogens (tertiary/aromatic N) is 1. The van der Waals surface area contributed by atoms with E-state index < -0.39 is 39.6 Å². The third-order valence-corrected chi connectivity index (χ3v) is 14.9. The lowest BCUT2D eigenvalue weighted by Gasteiger charge is -2.45. The number of fused-ring (bicyclic) bond motifs is 3. The molecular formula is C32H53NO5Si2. The quantitative estimate of drug-likeness (QED) is 0.0822. The number of hydrogen-bond acceptors (Lipinski definition) is 6. The lowest BCUT2D eigenvalue weighted by Crippen LogP contribution is -2.55. The first-order valence-corrected chi connectivity index (χ1v) is 21.6. The Labute approximate surface area is 245 Å². The number of allylic oxidation sites excluding steroid dienone is 2. The van der Waals surface area contributed by atoms with Crippen LogP contribution in [0.1, 0.15) is 65.9 Å². The third-order valence-electron chi connectivity index (χ3n) is 8.93. The summed E-state index contributed by atoms with van der Waals surface area (Å²) >= 11 is 0. The average Bonchev–Trinajstić information content (AvgIpc) is 3.37. The van der Waals surface area contributed by atoms with Crippen molar-refractivity contribution in [1.29, 1.82) is 0 Å². The molecule has 2 heterocycles. The second-order valence-corrected chi connectivity index (χ2v) is 24.8. The van der Waals surface area contributed by atoms with Crippen LogP contribution in [0.25, 0.3) is 0 Å². The molecule has 6 nitrogen and oxygen atoms in total. The Balaban J connectivity index is 2.10. The number of ketones is 1. The van der Waals surface area contributed by atoms with E-state index >= 15 is 0 Å². The maximum atomic E-state index is 14.4. The normalized spacial score (nSPS) is 23.0. The van der Waals surface area contributed by atoms with Crippen LogP contribution in [0.15, 0.2) is 35.9 Å². The molecule has 3 atom stereocenters. The number of ether oxygens (including phenoxy) is 2. The van der Waals surface area contributed by atoms with Crippen LogP contribution in [-0.4, -0.2) is 54.6 Å². The number of para-hydroxylation sites is 1. The van der Waals surface area contributed by atoms with Gasteiger partial charge < -0.3 is 18.8 Å². The number of anilines is 1. The molecule has 2 aliphatic rings. The highest BCUT2D eigenvalue weighted by atomic mass is 28.4. The van der Waals surface area contributed by atoms with Crippen LogP contribution in [0.5, 0.6) is 0 Å². The third kappa shape index (κ3) is 6.35. The maximum absolute atomic E-state index is 14.4. The van der Waals surface area contributed by atoms with Gasteiger partial charge in [-0.2, -0.15) is 0 Å². The van der Waals surface area contributed by atoms with Crippen LogP contribution in [0.4, 0.5) is 5.69 Å². The lowest BCUT2D eigenvalue weighted by atomic mass is 9.81. The molecule has 0 spiro atoms. The predicted molar refractivity (Wildman–Crippen MR) is 169 cm³/mol. The van der Waals surface area contributed by atoms with Crippen LogP contribution in [0, 0.1) is 5.41 Å². The van der Waals surface area contributed by atoms with Gasteiger partial charge in [0.1, 0.15) is 11.0 Å². The van der Waals surface area contributed by atoms with Crippen molar-refractivity contribution >= 4 is 33.8 Å². The summed E-state index contributed by atoms with van der Waals surface area (Å²) in [6.45, 7) is 22.7.